The molecule has 1 amide bonds. The highest BCUT2D eigenvalue weighted by Gasteiger charge is 2.27. The number of halogens is 1. The molecule has 10 heteroatoms. The maximum absolute atomic E-state index is 13.1. The van der Waals surface area contributed by atoms with E-state index < -0.39 is 0 Å². The minimum absolute atomic E-state index is 0.0162. The molecule has 35 heavy (non-hydrogen) atoms. The van der Waals surface area contributed by atoms with E-state index in [0.717, 1.165) is 40.0 Å². The number of likely N-dealkylation sites (tertiary alicyclic amines) is 1. The van der Waals surface area contributed by atoms with Crippen LogP contribution < -0.4 is 14.8 Å². The van der Waals surface area contributed by atoms with Gasteiger partial charge in [0.15, 0.2) is 17.1 Å². The fraction of sp³-hybridized carbons (Fsp3) is 0.280. The first-order valence-corrected chi connectivity index (χ1v) is 12.3. The van der Waals surface area contributed by atoms with Crippen molar-refractivity contribution in [1.29, 1.82) is 0 Å². The summed E-state index contributed by atoms with van der Waals surface area (Å²) in [7, 11) is 0. The number of benzene rings is 1. The van der Waals surface area contributed by atoms with E-state index in [0.29, 0.717) is 36.7 Å². The molecule has 4 aromatic rings. The number of hydrogen-bond acceptors (Lipinski definition) is 7. The molecule has 0 spiro atoms. The zero-order valence-corrected chi connectivity index (χ0v) is 20.4. The lowest BCUT2D eigenvalue weighted by atomic mass is 9.92. The second-order valence-electron chi connectivity index (χ2n) is 8.64. The number of carbonyl (C=O) groups excluding carboxylic acids is 1. The summed E-state index contributed by atoms with van der Waals surface area (Å²) < 4.78 is 13.4. The SMILES string of the molecule is O=C(c1ccc2c(c1)OCO2)N1CCC(c2cc(NCc3cccnc3)n3ncc(Br)c3n2)CC1. The van der Waals surface area contributed by atoms with Crippen LogP contribution in [0, 0.1) is 0 Å². The van der Waals surface area contributed by atoms with Gasteiger partial charge >= 0.3 is 0 Å². The van der Waals surface area contributed by atoms with Crippen LogP contribution in [-0.2, 0) is 6.54 Å². The van der Waals surface area contributed by atoms with E-state index in [1.807, 2.05) is 27.7 Å². The smallest absolute Gasteiger partial charge is 0.253 e. The Labute approximate surface area is 210 Å². The highest BCUT2D eigenvalue weighted by Crippen LogP contribution is 2.34. The van der Waals surface area contributed by atoms with Crippen LogP contribution >= 0.6 is 15.9 Å². The number of ether oxygens (including phenoxy) is 2. The standard InChI is InChI=1S/C25H23BrN6O3/c26-19-14-29-32-23(28-13-16-2-1-7-27-12-16)11-20(30-24(19)32)17-5-8-31(9-6-17)25(33)18-3-4-21-22(10-18)35-15-34-21/h1-4,7,10-12,14,17,28H,5-6,8-9,13,15H2. The fourth-order valence-corrected chi connectivity index (χ4v) is 4.92. The van der Waals surface area contributed by atoms with E-state index in [2.05, 4.69) is 37.4 Å². The first-order valence-electron chi connectivity index (χ1n) is 11.5. The second kappa shape index (κ2) is 9.18. The van der Waals surface area contributed by atoms with E-state index in [9.17, 15) is 4.79 Å². The largest absolute Gasteiger partial charge is 0.454 e. The molecule has 1 fully saturated rings. The van der Waals surface area contributed by atoms with Crippen LogP contribution in [0.1, 0.15) is 40.4 Å². The minimum Gasteiger partial charge on any atom is -0.454 e. The van der Waals surface area contributed by atoms with E-state index in [1.165, 1.54) is 0 Å². The molecule has 1 N–H and O–H groups in total. The predicted octanol–water partition coefficient (Wildman–Crippen LogP) is 4.25. The molecule has 1 aromatic carbocycles. The zero-order valence-electron chi connectivity index (χ0n) is 18.9. The summed E-state index contributed by atoms with van der Waals surface area (Å²) in [5, 5.41) is 7.95. The Morgan fingerprint density at radius 3 is 2.80 bits per heavy atom. The molecule has 9 nitrogen and oxygen atoms in total. The molecule has 5 heterocycles. The summed E-state index contributed by atoms with van der Waals surface area (Å²) in [6.45, 7) is 2.17. The summed E-state index contributed by atoms with van der Waals surface area (Å²) in [6, 6.07) is 11.4. The highest BCUT2D eigenvalue weighted by atomic mass is 79.9. The van der Waals surface area contributed by atoms with Crippen LogP contribution in [0.3, 0.4) is 0 Å². The van der Waals surface area contributed by atoms with E-state index in [1.54, 1.807) is 30.6 Å². The molecule has 178 valence electrons. The van der Waals surface area contributed by atoms with E-state index in [-0.39, 0.29) is 18.6 Å². The number of anilines is 1. The number of carbonyl (C=O) groups is 1. The van der Waals surface area contributed by atoms with Crippen molar-refractivity contribution in [3.8, 4) is 11.5 Å². The van der Waals surface area contributed by atoms with Gasteiger partial charge in [0.25, 0.3) is 5.91 Å². The monoisotopic (exact) mass is 534 g/mol. The third-order valence-electron chi connectivity index (χ3n) is 6.46. The number of nitrogens with zero attached hydrogens (tertiary/aromatic N) is 5. The van der Waals surface area contributed by atoms with Crippen molar-refractivity contribution in [3.63, 3.8) is 0 Å². The number of nitrogens with one attached hydrogen (secondary N) is 1. The van der Waals surface area contributed by atoms with Gasteiger partial charge in [0.2, 0.25) is 6.79 Å². The van der Waals surface area contributed by atoms with Gasteiger partial charge in [-0.2, -0.15) is 9.61 Å². The molecule has 2 aliphatic rings. The summed E-state index contributed by atoms with van der Waals surface area (Å²) in [5.41, 5.74) is 3.48. The third kappa shape index (κ3) is 4.29. The summed E-state index contributed by atoms with van der Waals surface area (Å²) >= 11 is 3.58. The van der Waals surface area contributed by atoms with Gasteiger partial charge < -0.3 is 19.7 Å². The van der Waals surface area contributed by atoms with Crippen LogP contribution in [0.4, 0.5) is 5.82 Å². The van der Waals surface area contributed by atoms with E-state index >= 15 is 0 Å². The highest BCUT2D eigenvalue weighted by molar-refractivity contribution is 9.10. The molecular weight excluding hydrogens is 512 g/mol. The molecular formula is C25H23BrN6O3. The molecule has 0 atom stereocenters. The number of hydrogen-bond donors (Lipinski definition) is 1. The lowest BCUT2D eigenvalue weighted by Crippen LogP contribution is -2.38. The van der Waals surface area contributed by atoms with Gasteiger partial charge in [-0.05, 0) is 58.6 Å². The lowest BCUT2D eigenvalue weighted by molar-refractivity contribution is 0.0711. The van der Waals surface area contributed by atoms with E-state index in [4.69, 9.17) is 14.5 Å². The quantitative estimate of drug-likeness (QED) is 0.409. The van der Waals surface area contributed by atoms with Crippen LogP contribution in [0.15, 0.2) is 59.5 Å². The number of fused-ring (bicyclic) bond motifs is 2. The van der Waals surface area contributed by atoms with Gasteiger partial charge in [-0.25, -0.2) is 4.98 Å². The Balaban J connectivity index is 1.18. The predicted molar refractivity (Wildman–Crippen MR) is 133 cm³/mol. The lowest BCUT2D eigenvalue weighted by Gasteiger charge is -2.32. The number of amides is 1. The molecule has 2 aliphatic heterocycles. The van der Waals surface area contributed by atoms with Crippen molar-refractivity contribution in [2.24, 2.45) is 0 Å². The van der Waals surface area contributed by atoms with Crippen molar-refractivity contribution in [2.75, 3.05) is 25.2 Å². The normalized spacial score (nSPS) is 15.5. The average molecular weight is 535 g/mol. The van der Waals surface area contributed by atoms with Crippen molar-refractivity contribution in [2.45, 2.75) is 25.3 Å². The molecule has 0 saturated carbocycles. The van der Waals surface area contributed by atoms with Gasteiger partial charge in [-0.1, -0.05) is 6.07 Å². The van der Waals surface area contributed by atoms with Crippen LogP contribution in [-0.4, -0.2) is 50.3 Å². The Morgan fingerprint density at radius 2 is 1.97 bits per heavy atom. The Kier molecular flexibility index (Phi) is 5.73. The van der Waals surface area contributed by atoms with Gasteiger partial charge in [0.1, 0.15) is 5.82 Å². The molecule has 0 unspecified atom stereocenters. The zero-order chi connectivity index (χ0) is 23.8. The first kappa shape index (κ1) is 21.8. The molecule has 0 radical (unpaired) electrons. The summed E-state index contributed by atoms with van der Waals surface area (Å²) in [5.74, 6) is 2.45. The topological polar surface area (TPSA) is 93.9 Å². The number of piperidine rings is 1. The number of rotatable bonds is 5. The van der Waals surface area contributed by atoms with Crippen molar-refractivity contribution >= 4 is 33.3 Å². The van der Waals surface area contributed by atoms with Crippen molar-refractivity contribution in [1.82, 2.24) is 24.5 Å². The Morgan fingerprint density at radius 1 is 1.11 bits per heavy atom. The van der Waals surface area contributed by atoms with Crippen LogP contribution in [0.5, 0.6) is 11.5 Å². The molecule has 6 rings (SSSR count). The maximum atomic E-state index is 13.1. The Hall–Kier alpha value is -3.66. The first-order chi connectivity index (χ1) is 17.2. The van der Waals surface area contributed by atoms with Crippen LogP contribution in [0.25, 0.3) is 5.65 Å². The molecule has 3 aromatic heterocycles. The van der Waals surface area contributed by atoms with Crippen LogP contribution in [0.2, 0.25) is 0 Å². The number of pyridine rings is 1. The fourth-order valence-electron chi connectivity index (χ4n) is 4.58. The average Bonchev–Trinajstić information content (AvgIpc) is 3.53. The Bertz CT molecular complexity index is 1380. The second-order valence-corrected chi connectivity index (χ2v) is 9.50. The maximum Gasteiger partial charge on any atom is 0.253 e. The van der Waals surface area contributed by atoms with Gasteiger partial charge in [0, 0.05) is 55.3 Å². The van der Waals surface area contributed by atoms with Crippen molar-refractivity contribution < 1.29 is 14.3 Å². The third-order valence-corrected chi connectivity index (χ3v) is 7.02. The molecule has 0 bridgehead atoms. The molecule has 1 saturated heterocycles. The minimum atomic E-state index is 0.0162. The summed E-state index contributed by atoms with van der Waals surface area (Å²) in [6.07, 6.45) is 7.05. The molecule has 0 aliphatic carbocycles. The van der Waals surface area contributed by atoms with Crippen molar-refractivity contribution in [3.05, 3.63) is 76.3 Å². The van der Waals surface area contributed by atoms with Gasteiger partial charge in [-0.3, -0.25) is 9.78 Å². The number of aromatic nitrogens is 4. The van der Waals surface area contributed by atoms with Gasteiger partial charge in [0.05, 0.1) is 10.7 Å². The summed E-state index contributed by atoms with van der Waals surface area (Å²) in [4.78, 5) is 24.1. The van der Waals surface area contributed by atoms with Gasteiger partial charge in [-0.15, -0.1) is 0 Å².